The van der Waals surface area contributed by atoms with Crippen molar-refractivity contribution in [2.24, 2.45) is 0 Å². The maximum absolute atomic E-state index is 13.6. The molecule has 0 aromatic heterocycles. The van der Waals surface area contributed by atoms with E-state index in [2.05, 4.69) is 5.32 Å². The average molecular weight is 296 g/mol. The quantitative estimate of drug-likeness (QED) is 0.842. The summed E-state index contributed by atoms with van der Waals surface area (Å²) >= 11 is 5.71. The number of rotatable bonds is 5. The van der Waals surface area contributed by atoms with Crippen LogP contribution in [0.3, 0.4) is 0 Å². The topological polar surface area (TPSA) is 12.0 Å². The van der Waals surface area contributed by atoms with Crippen LogP contribution in [0.1, 0.15) is 30.5 Å². The second-order valence-corrected chi connectivity index (χ2v) is 5.02. The van der Waals surface area contributed by atoms with Crippen LogP contribution >= 0.6 is 11.6 Å². The summed E-state index contributed by atoms with van der Waals surface area (Å²) in [6.07, 6.45) is 0.932. The van der Waals surface area contributed by atoms with Crippen molar-refractivity contribution in [2.45, 2.75) is 19.4 Å². The van der Waals surface area contributed by atoms with E-state index >= 15 is 0 Å². The van der Waals surface area contributed by atoms with E-state index in [4.69, 9.17) is 11.6 Å². The van der Waals surface area contributed by atoms with Crippen LogP contribution in [-0.2, 0) is 0 Å². The van der Waals surface area contributed by atoms with Crippen molar-refractivity contribution < 1.29 is 8.78 Å². The first-order valence-corrected chi connectivity index (χ1v) is 6.93. The SMILES string of the molecule is CCCNC(c1cccc(F)c1)c1ccc(Cl)c(F)c1. The first kappa shape index (κ1) is 14.9. The lowest BCUT2D eigenvalue weighted by Gasteiger charge is -2.20. The molecule has 0 aliphatic heterocycles. The minimum Gasteiger partial charge on any atom is -0.306 e. The normalized spacial score (nSPS) is 12.4. The van der Waals surface area contributed by atoms with Gasteiger partial charge < -0.3 is 5.32 Å². The molecular formula is C16H16ClF2N. The van der Waals surface area contributed by atoms with Gasteiger partial charge >= 0.3 is 0 Å². The molecule has 2 aromatic rings. The van der Waals surface area contributed by atoms with Crippen molar-refractivity contribution in [1.82, 2.24) is 5.32 Å². The monoisotopic (exact) mass is 295 g/mol. The highest BCUT2D eigenvalue weighted by atomic mass is 35.5. The van der Waals surface area contributed by atoms with Crippen molar-refractivity contribution in [3.05, 3.63) is 70.2 Å². The van der Waals surface area contributed by atoms with Crippen LogP contribution in [0.4, 0.5) is 8.78 Å². The van der Waals surface area contributed by atoms with Crippen LogP contribution in [0.15, 0.2) is 42.5 Å². The van der Waals surface area contributed by atoms with Crippen LogP contribution < -0.4 is 5.32 Å². The lowest BCUT2D eigenvalue weighted by Crippen LogP contribution is -2.23. The third-order valence-corrected chi connectivity index (χ3v) is 3.36. The molecule has 4 heteroatoms. The minimum absolute atomic E-state index is 0.0854. The Morgan fingerprint density at radius 2 is 1.85 bits per heavy atom. The Morgan fingerprint density at radius 3 is 2.50 bits per heavy atom. The van der Waals surface area contributed by atoms with Gasteiger partial charge in [0.15, 0.2) is 0 Å². The van der Waals surface area contributed by atoms with E-state index in [9.17, 15) is 8.78 Å². The summed E-state index contributed by atoms with van der Waals surface area (Å²) in [7, 11) is 0. The molecule has 0 aliphatic rings. The largest absolute Gasteiger partial charge is 0.306 e. The molecule has 0 fully saturated rings. The van der Waals surface area contributed by atoms with Gasteiger partial charge in [0, 0.05) is 0 Å². The number of hydrogen-bond donors (Lipinski definition) is 1. The van der Waals surface area contributed by atoms with E-state index in [1.807, 2.05) is 13.0 Å². The number of halogens is 3. The van der Waals surface area contributed by atoms with Crippen molar-refractivity contribution >= 4 is 11.6 Å². The highest BCUT2D eigenvalue weighted by molar-refractivity contribution is 6.30. The van der Waals surface area contributed by atoms with E-state index in [-0.39, 0.29) is 16.9 Å². The Kier molecular flexibility index (Phi) is 5.10. The van der Waals surface area contributed by atoms with Gasteiger partial charge in [-0.15, -0.1) is 0 Å². The van der Waals surface area contributed by atoms with E-state index < -0.39 is 5.82 Å². The summed E-state index contributed by atoms with van der Waals surface area (Å²) < 4.78 is 27.0. The number of hydrogen-bond acceptors (Lipinski definition) is 1. The molecule has 2 rings (SSSR count). The molecular weight excluding hydrogens is 280 g/mol. The molecule has 20 heavy (non-hydrogen) atoms. The Balaban J connectivity index is 2.38. The predicted octanol–water partition coefficient (Wildman–Crippen LogP) is 4.71. The maximum Gasteiger partial charge on any atom is 0.142 e. The van der Waals surface area contributed by atoms with Crippen molar-refractivity contribution in [3.8, 4) is 0 Å². The van der Waals surface area contributed by atoms with Gasteiger partial charge in [-0.2, -0.15) is 0 Å². The van der Waals surface area contributed by atoms with E-state index in [0.29, 0.717) is 0 Å². The highest BCUT2D eigenvalue weighted by Gasteiger charge is 2.15. The Hall–Kier alpha value is -1.45. The molecule has 0 spiro atoms. The molecule has 0 aliphatic carbocycles. The lowest BCUT2D eigenvalue weighted by molar-refractivity contribution is 0.577. The molecule has 106 valence electrons. The van der Waals surface area contributed by atoms with E-state index in [1.54, 1.807) is 12.1 Å². The molecule has 1 nitrogen and oxygen atoms in total. The second-order valence-electron chi connectivity index (χ2n) is 4.62. The van der Waals surface area contributed by atoms with E-state index in [1.165, 1.54) is 24.3 Å². The summed E-state index contributed by atoms with van der Waals surface area (Å²) in [5.74, 6) is -0.774. The van der Waals surface area contributed by atoms with E-state index in [0.717, 1.165) is 24.1 Å². The minimum atomic E-state index is -0.469. The molecule has 0 bridgehead atoms. The fourth-order valence-electron chi connectivity index (χ4n) is 2.09. The second kappa shape index (κ2) is 6.82. The molecule has 2 aromatic carbocycles. The van der Waals surface area contributed by atoms with Crippen LogP contribution in [0.25, 0.3) is 0 Å². The smallest absolute Gasteiger partial charge is 0.142 e. The molecule has 1 unspecified atom stereocenters. The number of benzene rings is 2. The third kappa shape index (κ3) is 3.56. The van der Waals surface area contributed by atoms with Gasteiger partial charge in [0.1, 0.15) is 11.6 Å². The van der Waals surface area contributed by atoms with Crippen LogP contribution in [-0.4, -0.2) is 6.54 Å². The molecule has 1 N–H and O–H groups in total. The highest BCUT2D eigenvalue weighted by Crippen LogP contribution is 2.26. The summed E-state index contributed by atoms with van der Waals surface area (Å²) in [5, 5.41) is 3.38. The standard InChI is InChI=1S/C16H16ClF2N/c1-2-8-20-16(11-4-3-5-13(18)9-11)12-6-7-14(17)15(19)10-12/h3-7,9-10,16,20H,2,8H2,1H3. The van der Waals surface area contributed by atoms with Crippen LogP contribution in [0.2, 0.25) is 5.02 Å². The first-order valence-electron chi connectivity index (χ1n) is 6.55. The molecule has 1 atom stereocenters. The maximum atomic E-state index is 13.6. The molecule has 0 amide bonds. The predicted molar refractivity (Wildman–Crippen MR) is 77.9 cm³/mol. The zero-order valence-corrected chi connectivity index (χ0v) is 11.9. The van der Waals surface area contributed by atoms with Gasteiger partial charge in [-0.1, -0.05) is 36.7 Å². The van der Waals surface area contributed by atoms with Crippen molar-refractivity contribution in [1.29, 1.82) is 0 Å². The summed E-state index contributed by atoms with van der Waals surface area (Å²) in [4.78, 5) is 0. The van der Waals surface area contributed by atoms with Gasteiger partial charge in [0.25, 0.3) is 0 Å². The van der Waals surface area contributed by atoms with Crippen LogP contribution in [0, 0.1) is 11.6 Å². The molecule has 0 radical (unpaired) electrons. The average Bonchev–Trinajstić information content (AvgIpc) is 2.43. The van der Waals surface area contributed by atoms with Gasteiger partial charge in [-0.25, -0.2) is 8.78 Å². The van der Waals surface area contributed by atoms with Crippen molar-refractivity contribution in [3.63, 3.8) is 0 Å². The number of nitrogens with one attached hydrogen (secondary N) is 1. The Bertz CT molecular complexity index is 586. The van der Waals surface area contributed by atoms with Gasteiger partial charge in [-0.3, -0.25) is 0 Å². The van der Waals surface area contributed by atoms with Crippen molar-refractivity contribution in [2.75, 3.05) is 6.54 Å². The van der Waals surface area contributed by atoms with Gasteiger partial charge in [0.05, 0.1) is 11.1 Å². The first-order chi connectivity index (χ1) is 9.61. The van der Waals surface area contributed by atoms with Gasteiger partial charge in [-0.05, 0) is 48.4 Å². The molecule has 0 saturated carbocycles. The summed E-state index contributed by atoms with van der Waals surface area (Å²) in [6.45, 7) is 2.80. The fraction of sp³-hybridized carbons (Fsp3) is 0.250. The zero-order valence-electron chi connectivity index (χ0n) is 11.2. The Labute approximate surface area is 122 Å². The molecule has 0 heterocycles. The third-order valence-electron chi connectivity index (χ3n) is 3.06. The molecule has 0 saturated heterocycles. The van der Waals surface area contributed by atoms with Gasteiger partial charge in [0.2, 0.25) is 0 Å². The zero-order chi connectivity index (χ0) is 14.5. The fourth-order valence-corrected chi connectivity index (χ4v) is 2.21. The summed E-state index contributed by atoms with van der Waals surface area (Å²) in [6, 6.07) is 10.7. The summed E-state index contributed by atoms with van der Waals surface area (Å²) in [5.41, 5.74) is 1.49. The van der Waals surface area contributed by atoms with Crippen LogP contribution in [0.5, 0.6) is 0 Å². The lowest BCUT2D eigenvalue weighted by atomic mass is 9.98. The Morgan fingerprint density at radius 1 is 1.10 bits per heavy atom.